The van der Waals surface area contributed by atoms with Crippen molar-refractivity contribution in [3.05, 3.63) is 247 Å². The van der Waals surface area contributed by atoms with Crippen LogP contribution in [0.2, 0.25) is 0 Å². The summed E-state index contributed by atoms with van der Waals surface area (Å²) >= 11 is 1.88. The highest BCUT2D eigenvalue weighted by molar-refractivity contribution is 7.25. The van der Waals surface area contributed by atoms with Crippen LogP contribution in [0.15, 0.2) is 224 Å². The molecule has 0 saturated heterocycles. The zero-order valence-corrected chi connectivity index (χ0v) is 35.0. The molecular weight excluding hydrogens is 779 g/mol. The molecule has 0 unspecified atom stereocenters. The second-order valence-electron chi connectivity index (χ2n) is 17.1. The molecule has 1 spiro atoms. The van der Waals surface area contributed by atoms with Crippen molar-refractivity contribution in [2.75, 3.05) is 4.90 Å². The van der Waals surface area contributed by atoms with Gasteiger partial charge in [-0.25, -0.2) is 0 Å². The van der Waals surface area contributed by atoms with Crippen molar-refractivity contribution < 1.29 is 0 Å². The van der Waals surface area contributed by atoms with Gasteiger partial charge in [0.25, 0.3) is 0 Å². The fourth-order valence-corrected chi connectivity index (χ4v) is 12.7. The Morgan fingerprint density at radius 3 is 1.33 bits per heavy atom. The number of hydrogen-bond acceptors (Lipinski definition) is 2. The standard InChI is InChI=1S/C61H37NS/c1-2-17-41-40(16-1)42-18-3-4-20-44(42)46-34-32-38(36-52(46)45-21-6-5-19-43(41)45)62(39-33-35-50-49-24-10-14-31-58(49)63-59(50)37-39)57-30-15-29-56-60(57)51-25-9-13-28-55(51)61(56)53-26-11-7-22-47(53)48-23-8-12-27-54(48)61/h1-37H. The lowest BCUT2D eigenvalue weighted by Crippen LogP contribution is -2.26. The van der Waals surface area contributed by atoms with Gasteiger partial charge in [-0.15, -0.1) is 11.3 Å². The molecule has 3 aliphatic carbocycles. The van der Waals surface area contributed by atoms with Crippen LogP contribution in [0.1, 0.15) is 22.3 Å². The van der Waals surface area contributed by atoms with Gasteiger partial charge in [0.2, 0.25) is 0 Å². The van der Waals surface area contributed by atoms with Gasteiger partial charge in [0.1, 0.15) is 0 Å². The van der Waals surface area contributed by atoms with Gasteiger partial charge < -0.3 is 4.90 Å². The molecule has 1 aromatic heterocycles. The Hall–Kier alpha value is -7.78. The number of hydrogen-bond donors (Lipinski definition) is 0. The van der Waals surface area contributed by atoms with Crippen molar-refractivity contribution in [1.82, 2.24) is 0 Å². The molecule has 0 atom stereocenters. The van der Waals surface area contributed by atoms with Crippen LogP contribution < -0.4 is 4.90 Å². The molecule has 3 aliphatic rings. The summed E-state index contributed by atoms with van der Waals surface area (Å²) in [5.74, 6) is 0. The van der Waals surface area contributed by atoms with E-state index in [1.165, 1.54) is 115 Å². The molecular formula is C61H37NS. The van der Waals surface area contributed by atoms with Crippen LogP contribution in [0.25, 0.3) is 86.9 Å². The lowest BCUT2D eigenvalue weighted by Gasteiger charge is -2.32. The molecule has 10 aromatic carbocycles. The summed E-state index contributed by atoms with van der Waals surface area (Å²) in [6.45, 7) is 0. The lowest BCUT2D eigenvalue weighted by atomic mass is 9.70. The number of fused-ring (bicyclic) bond motifs is 21. The number of benzene rings is 10. The SMILES string of the molecule is c1ccc2c(c1)-c1ccccc1-c1ccc(N(c3ccc4c(c3)sc3ccccc34)c3cccc4c3-c3ccccc3C43c4ccccc4-c4ccccc43)cc1-c1ccccc1-2. The van der Waals surface area contributed by atoms with E-state index in [4.69, 9.17) is 0 Å². The Morgan fingerprint density at radius 2 is 0.714 bits per heavy atom. The molecule has 11 aromatic rings. The topological polar surface area (TPSA) is 3.24 Å². The Kier molecular flexibility index (Phi) is 7.26. The first-order valence-corrected chi connectivity index (χ1v) is 22.7. The van der Waals surface area contributed by atoms with E-state index in [0.717, 1.165) is 11.4 Å². The normalized spacial score (nSPS) is 13.2. The average molecular weight is 816 g/mol. The third-order valence-electron chi connectivity index (χ3n) is 14.1. The first-order valence-electron chi connectivity index (χ1n) is 21.8. The van der Waals surface area contributed by atoms with Crippen LogP contribution in [0.4, 0.5) is 17.1 Å². The smallest absolute Gasteiger partial charge is 0.0726 e. The van der Waals surface area contributed by atoms with Gasteiger partial charge in [-0.1, -0.05) is 188 Å². The van der Waals surface area contributed by atoms with Crippen molar-refractivity contribution >= 4 is 48.6 Å². The Morgan fingerprint density at radius 1 is 0.286 bits per heavy atom. The molecule has 0 amide bonds. The third-order valence-corrected chi connectivity index (χ3v) is 15.2. The highest BCUT2D eigenvalue weighted by Gasteiger charge is 2.52. The van der Waals surface area contributed by atoms with Crippen LogP contribution in [0.5, 0.6) is 0 Å². The average Bonchev–Trinajstić information content (AvgIpc) is 3.98. The molecule has 0 bridgehead atoms. The van der Waals surface area contributed by atoms with Crippen molar-refractivity contribution in [3.8, 4) is 66.8 Å². The monoisotopic (exact) mass is 815 g/mol. The van der Waals surface area contributed by atoms with E-state index >= 15 is 0 Å². The molecule has 1 nitrogen and oxygen atoms in total. The molecule has 63 heavy (non-hydrogen) atoms. The minimum absolute atomic E-state index is 0.446. The van der Waals surface area contributed by atoms with Crippen LogP contribution in [0, 0.1) is 0 Å². The summed E-state index contributed by atoms with van der Waals surface area (Å²) in [6, 6.07) is 84.3. The van der Waals surface area contributed by atoms with Gasteiger partial charge in [-0.05, 0) is 120 Å². The number of anilines is 3. The van der Waals surface area contributed by atoms with Gasteiger partial charge in [0.05, 0.1) is 11.1 Å². The summed E-state index contributed by atoms with van der Waals surface area (Å²) < 4.78 is 2.59. The van der Waals surface area contributed by atoms with Crippen LogP contribution >= 0.6 is 11.3 Å². The summed E-state index contributed by atoms with van der Waals surface area (Å²) in [5, 5.41) is 2.60. The summed E-state index contributed by atoms with van der Waals surface area (Å²) in [6.07, 6.45) is 0. The van der Waals surface area contributed by atoms with Crippen LogP contribution in [0.3, 0.4) is 0 Å². The number of nitrogens with zero attached hydrogens (tertiary/aromatic N) is 1. The van der Waals surface area contributed by atoms with E-state index in [9.17, 15) is 0 Å². The second kappa shape index (κ2) is 13.1. The Balaban J connectivity index is 1.08. The van der Waals surface area contributed by atoms with E-state index in [-0.39, 0.29) is 0 Å². The largest absolute Gasteiger partial charge is 0.310 e. The number of rotatable bonds is 3. The minimum atomic E-state index is -0.446. The highest BCUT2D eigenvalue weighted by atomic mass is 32.1. The maximum Gasteiger partial charge on any atom is 0.0726 e. The lowest BCUT2D eigenvalue weighted by molar-refractivity contribution is 0.794. The predicted molar refractivity (Wildman–Crippen MR) is 266 cm³/mol. The van der Waals surface area contributed by atoms with Crippen molar-refractivity contribution in [2.45, 2.75) is 5.41 Å². The molecule has 0 radical (unpaired) electrons. The maximum atomic E-state index is 2.55. The quantitative estimate of drug-likeness (QED) is 0.172. The van der Waals surface area contributed by atoms with Gasteiger partial charge >= 0.3 is 0 Å². The molecule has 14 rings (SSSR count). The first kappa shape index (κ1) is 34.9. The third kappa shape index (κ3) is 4.71. The van der Waals surface area contributed by atoms with Crippen LogP contribution in [-0.2, 0) is 5.41 Å². The number of thiophene rings is 1. The Labute approximate surface area is 370 Å². The Bertz CT molecular complexity index is 3670. The minimum Gasteiger partial charge on any atom is -0.310 e. The van der Waals surface area contributed by atoms with Gasteiger partial charge in [0.15, 0.2) is 0 Å². The van der Waals surface area contributed by atoms with Crippen molar-refractivity contribution in [3.63, 3.8) is 0 Å². The molecule has 0 N–H and O–H groups in total. The highest BCUT2D eigenvalue weighted by Crippen LogP contribution is 2.65. The molecule has 292 valence electrons. The summed E-state index contributed by atoms with van der Waals surface area (Å²) in [7, 11) is 0. The first-order chi connectivity index (χ1) is 31.3. The zero-order valence-electron chi connectivity index (χ0n) is 34.2. The van der Waals surface area contributed by atoms with Crippen molar-refractivity contribution in [2.24, 2.45) is 0 Å². The fraction of sp³-hybridized carbons (Fsp3) is 0.0164. The molecule has 0 fully saturated rings. The molecule has 0 aliphatic heterocycles. The van der Waals surface area contributed by atoms with E-state index < -0.39 is 5.41 Å². The van der Waals surface area contributed by atoms with Crippen molar-refractivity contribution in [1.29, 1.82) is 0 Å². The van der Waals surface area contributed by atoms with E-state index in [1.807, 2.05) is 11.3 Å². The molecule has 0 saturated carbocycles. The second-order valence-corrected chi connectivity index (χ2v) is 18.2. The van der Waals surface area contributed by atoms with Crippen LogP contribution in [-0.4, -0.2) is 0 Å². The maximum absolute atomic E-state index is 2.55. The van der Waals surface area contributed by atoms with E-state index in [2.05, 4.69) is 229 Å². The molecule has 1 heterocycles. The van der Waals surface area contributed by atoms with Gasteiger partial charge in [0, 0.05) is 37.1 Å². The van der Waals surface area contributed by atoms with Gasteiger partial charge in [-0.3, -0.25) is 0 Å². The zero-order chi connectivity index (χ0) is 41.2. The van der Waals surface area contributed by atoms with Gasteiger partial charge in [-0.2, -0.15) is 0 Å². The summed E-state index contributed by atoms with van der Waals surface area (Å²) in [4.78, 5) is 2.55. The van der Waals surface area contributed by atoms with E-state index in [0.29, 0.717) is 0 Å². The summed E-state index contributed by atoms with van der Waals surface area (Å²) in [5.41, 5.74) is 23.5. The predicted octanol–water partition coefficient (Wildman–Crippen LogP) is 16.8. The fourth-order valence-electron chi connectivity index (χ4n) is 11.6. The van der Waals surface area contributed by atoms with E-state index in [1.54, 1.807) is 0 Å². The molecule has 2 heteroatoms.